The van der Waals surface area contributed by atoms with Crippen molar-refractivity contribution in [1.82, 2.24) is 10.2 Å². The summed E-state index contributed by atoms with van der Waals surface area (Å²) in [5.41, 5.74) is 2.05. The Hall–Kier alpha value is -1.37. The number of piperazine rings is 1. The molecule has 1 heterocycles. The first-order chi connectivity index (χ1) is 9.26. The lowest BCUT2D eigenvalue weighted by molar-refractivity contribution is 0.128. The second kappa shape index (κ2) is 6.70. The van der Waals surface area contributed by atoms with Crippen molar-refractivity contribution in [2.24, 2.45) is 5.92 Å². The van der Waals surface area contributed by atoms with E-state index in [1.54, 1.807) is 0 Å². The van der Waals surface area contributed by atoms with Crippen LogP contribution in [0.1, 0.15) is 37.4 Å². The molecule has 0 radical (unpaired) electrons. The average molecular weight is 257 g/mol. The number of benzene rings is 1. The Balaban J connectivity index is 2.28. The van der Waals surface area contributed by atoms with Crippen LogP contribution in [0.2, 0.25) is 0 Å². The van der Waals surface area contributed by atoms with Gasteiger partial charge in [0, 0.05) is 32.2 Å². The maximum absolute atomic E-state index is 9.08. The zero-order chi connectivity index (χ0) is 13.7. The predicted molar refractivity (Wildman–Crippen MR) is 77.8 cm³/mol. The lowest BCUT2D eigenvalue weighted by Crippen LogP contribution is -2.46. The van der Waals surface area contributed by atoms with Crippen molar-refractivity contribution in [2.45, 2.75) is 26.3 Å². The highest BCUT2D eigenvalue weighted by molar-refractivity contribution is 5.34. The van der Waals surface area contributed by atoms with E-state index in [1.165, 1.54) is 5.56 Å². The number of rotatable bonds is 4. The minimum Gasteiger partial charge on any atom is -0.314 e. The van der Waals surface area contributed by atoms with Crippen LogP contribution in [-0.4, -0.2) is 31.1 Å². The van der Waals surface area contributed by atoms with Crippen LogP contribution in [0.3, 0.4) is 0 Å². The third-order valence-corrected chi connectivity index (χ3v) is 4.09. The molecule has 3 nitrogen and oxygen atoms in total. The van der Waals surface area contributed by atoms with E-state index in [-0.39, 0.29) is 0 Å². The van der Waals surface area contributed by atoms with Crippen LogP contribution in [0, 0.1) is 17.2 Å². The Labute approximate surface area is 116 Å². The van der Waals surface area contributed by atoms with Gasteiger partial charge >= 0.3 is 0 Å². The van der Waals surface area contributed by atoms with Crippen molar-refractivity contribution in [3.05, 3.63) is 35.4 Å². The molecule has 19 heavy (non-hydrogen) atoms. The quantitative estimate of drug-likeness (QED) is 0.901. The van der Waals surface area contributed by atoms with E-state index in [1.807, 2.05) is 12.1 Å². The lowest BCUT2D eigenvalue weighted by atomic mass is 9.90. The summed E-state index contributed by atoms with van der Waals surface area (Å²) in [6.07, 6.45) is 1.16. The van der Waals surface area contributed by atoms with Gasteiger partial charge in [-0.1, -0.05) is 32.4 Å². The largest absolute Gasteiger partial charge is 0.314 e. The summed E-state index contributed by atoms with van der Waals surface area (Å²) >= 11 is 0. The van der Waals surface area contributed by atoms with E-state index < -0.39 is 0 Å². The average Bonchev–Trinajstić information content (AvgIpc) is 2.48. The molecule has 0 bridgehead atoms. The molecule has 1 aromatic carbocycles. The van der Waals surface area contributed by atoms with E-state index in [0.717, 1.165) is 38.2 Å². The topological polar surface area (TPSA) is 39.1 Å². The normalized spacial score (nSPS) is 19.6. The molecule has 2 atom stereocenters. The van der Waals surface area contributed by atoms with Crippen molar-refractivity contribution >= 4 is 0 Å². The number of nitriles is 1. The SMILES string of the molecule is CCC(C)[C@@H](c1cccc(C#N)c1)N1CCNCC1. The molecular weight excluding hydrogens is 234 g/mol. The molecule has 1 saturated heterocycles. The number of nitrogens with zero attached hydrogens (tertiary/aromatic N) is 2. The van der Waals surface area contributed by atoms with Gasteiger partial charge in [0.05, 0.1) is 11.6 Å². The van der Waals surface area contributed by atoms with Gasteiger partial charge in [-0.15, -0.1) is 0 Å². The molecule has 0 saturated carbocycles. The smallest absolute Gasteiger partial charge is 0.0991 e. The predicted octanol–water partition coefficient (Wildman–Crippen LogP) is 2.55. The van der Waals surface area contributed by atoms with Crippen molar-refractivity contribution in [1.29, 1.82) is 5.26 Å². The van der Waals surface area contributed by atoms with Gasteiger partial charge in [0.25, 0.3) is 0 Å². The zero-order valence-electron chi connectivity index (χ0n) is 11.9. The third-order valence-electron chi connectivity index (χ3n) is 4.09. The molecule has 1 unspecified atom stereocenters. The van der Waals surface area contributed by atoms with Gasteiger partial charge in [0.2, 0.25) is 0 Å². The summed E-state index contributed by atoms with van der Waals surface area (Å²) < 4.78 is 0. The summed E-state index contributed by atoms with van der Waals surface area (Å²) in [6, 6.07) is 10.8. The maximum atomic E-state index is 9.08. The minimum absolute atomic E-state index is 0.431. The molecule has 1 aliphatic rings. The van der Waals surface area contributed by atoms with Crippen LogP contribution in [0.15, 0.2) is 24.3 Å². The fourth-order valence-corrected chi connectivity index (χ4v) is 2.87. The van der Waals surface area contributed by atoms with Crippen molar-refractivity contribution in [3.63, 3.8) is 0 Å². The summed E-state index contributed by atoms with van der Waals surface area (Å²) in [6.45, 7) is 8.85. The molecule has 1 N–H and O–H groups in total. The third kappa shape index (κ3) is 3.34. The Morgan fingerprint density at radius 2 is 2.11 bits per heavy atom. The second-order valence-electron chi connectivity index (χ2n) is 5.35. The highest BCUT2D eigenvalue weighted by Gasteiger charge is 2.26. The van der Waals surface area contributed by atoms with E-state index in [0.29, 0.717) is 12.0 Å². The standard InChI is InChI=1S/C16H23N3/c1-3-13(2)16(19-9-7-18-8-10-19)15-6-4-5-14(11-15)12-17/h4-6,11,13,16,18H,3,7-10H2,1-2H3/t13?,16-/m0/s1. The van der Waals surface area contributed by atoms with Crippen molar-refractivity contribution in [3.8, 4) is 6.07 Å². The first-order valence-corrected chi connectivity index (χ1v) is 7.21. The van der Waals surface area contributed by atoms with E-state index in [4.69, 9.17) is 5.26 Å². The summed E-state index contributed by atoms with van der Waals surface area (Å²) in [5, 5.41) is 12.5. The van der Waals surface area contributed by atoms with Gasteiger partial charge in [0.15, 0.2) is 0 Å². The lowest BCUT2D eigenvalue weighted by Gasteiger charge is -2.38. The first kappa shape index (κ1) is 14.0. The van der Waals surface area contributed by atoms with E-state index in [9.17, 15) is 0 Å². The van der Waals surface area contributed by atoms with Crippen LogP contribution in [0.25, 0.3) is 0 Å². The molecule has 1 fully saturated rings. The monoisotopic (exact) mass is 257 g/mol. The van der Waals surface area contributed by atoms with Crippen LogP contribution in [0.5, 0.6) is 0 Å². The molecule has 3 heteroatoms. The fourth-order valence-electron chi connectivity index (χ4n) is 2.87. The van der Waals surface area contributed by atoms with Gasteiger partial charge in [0.1, 0.15) is 0 Å². The van der Waals surface area contributed by atoms with Gasteiger partial charge in [-0.25, -0.2) is 0 Å². The van der Waals surface area contributed by atoms with Crippen LogP contribution < -0.4 is 5.32 Å². The van der Waals surface area contributed by atoms with Gasteiger partial charge in [-0.2, -0.15) is 5.26 Å². The highest BCUT2D eigenvalue weighted by Crippen LogP contribution is 2.31. The fraction of sp³-hybridized carbons (Fsp3) is 0.562. The number of hydrogen-bond acceptors (Lipinski definition) is 3. The summed E-state index contributed by atoms with van der Waals surface area (Å²) in [5.74, 6) is 0.604. The van der Waals surface area contributed by atoms with E-state index >= 15 is 0 Å². The van der Waals surface area contributed by atoms with E-state index in [2.05, 4.69) is 42.3 Å². The maximum Gasteiger partial charge on any atom is 0.0991 e. The van der Waals surface area contributed by atoms with Crippen molar-refractivity contribution < 1.29 is 0 Å². The molecule has 0 spiro atoms. The molecule has 102 valence electrons. The van der Waals surface area contributed by atoms with Crippen LogP contribution in [-0.2, 0) is 0 Å². The van der Waals surface area contributed by atoms with Gasteiger partial charge in [-0.3, -0.25) is 4.90 Å². The molecule has 1 aromatic rings. The molecule has 0 aliphatic carbocycles. The minimum atomic E-state index is 0.431. The number of nitrogens with one attached hydrogen (secondary N) is 1. The molecule has 2 rings (SSSR count). The number of hydrogen-bond donors (Lipinski definition) is 1. The summed E-state index contributed by atoms with van der Waals surface area (Å²) in [4.78, 5) is 2.56. The molecule has 1 aliphatic heterocycles. The summed E-state index contributed by atoms with van der Waals surface area (Å²) in [7, 11) is 0. The Morgan fingerprint density at radius 3 is 2.74 bits per heavy atom. The molecular formula is C16H23N3. The molecule has 0 amide bonds. The van der Waals surface area contributed by atoms with Crippen LogP contribution >= 0.6 is 0 Å². The Kier molecular flexibility index (Phi) is 4.95. The highest BCUT2D eigenvalue weighted by atomic mass is 15.2. The Morgan fingerprint density at radius 1 is 1.37 bits per heavy atom. The Bertz CT molecular complexity index is 444. The van der Waals surface area contributed by atoms with Gasteiger partial charge in [-0.05, 0) is 23.6 Å². The van der Waals surface area contributed by atoms with Gasteiger partial charge < -0.3 is 5.32 Å². The second-order valence-corrected chi connectivity index (χ2v) is 5.35. The zero-order valence-corrected chi connectivity index (χ0v) is 11.9. The van der Waals surface area contributed by atoms with Crippen LogP contribution in [0.4, 0.5) is 0 Å². The molecule has 0 aromatic heterocycles. The van der Waals surface area contributed by atoms with Crippen molar-refractivity contribution in [2.75, 3.05) is 26.2 Å². The first-order valence-electron chi connectivity index (χ1n) is 7.21.